The molecule has 0 fully saturated rings. The van der Waals surface area contributed by atoms with Gasteiger partial charge in [0.2, 0.25) is 0 Å². The molecule has 1 aromatic rings. The third-order valence-electron chi connectivity index (χ3n) is 2.27. The third kappa shape index (κ3) is 4.73. The average Bonchev–Trinajstić information content (AvgIpc) is 2.19. The summed E-state index contributed by atoms with van der Waals surface area (Å²) in [6.45, 7) is 2.54. The monoisotopic (exact) mass is 323 g/mol. The normalized spacial score (nSPS) is 13.6. The Bertz CT molecular complexity index is 490. The number of hydrogen-bond donors (Lipinski definition) is 1. The smallest absolute Gasteiger partial charge is 0.149 e. The Morgan fingerprint density at radius 3 is 2.59 bits per heavy atom. The fourth-order valence-electron chi connectivity index (χ4n) is 1.55. The van der Waals surface area contributed by atoms with Gasteiger partial charge in [-0.05, 0) is 40.2 Å². The molecule has 0 radical (unpaired) electrons. The lowest BCUT2D eigenvalue weighted by Gasteiger charge is -2.17. The summed E-state index contributed by atoms with van der Waals surface area (Å²) in [5, 5.41) is 3.08. The average molecular weight is 324 g/mol. The zero-order valence-electron chi connectivity index (χ0n) is 9.70. The second-order valence-corrected chi connectivity index (χ2v) is 6.92. The van der Waals surface area contributed by atoms with E-state index in [0.717, 1.165) is 5.56 Å². The number of nitrogens with one attached hydrogen (secondary N) is 1. The Morgan fingerprint density at radius 1 is 1.47 bits per heavy atom. The van der Waals surface area contributed by atoms with Gasteiger partial charge in [0.15, 0.2) is 0 Å². The highest BCUT2D eigenvalue weighted by Gasteiger charge is 2.17. The van der Waals surface area contributed by atoms with Crippen LogP contribution in [0.15, 0.2) is 22.7 Å². The standard InChI is InChI=1S/C11H15BrFNO2S/c1-3-14-11(7-17(2,15)16)8-4-5-10(13)9(12)6-8/h4-6,11,14H,3,7H2,1-2H3. The molecule has 17 heavy (non-hydrogen) atoms. The van der Waals surface area contributed by atoms with Crippen LogP contribution in [0.1, 0.15) is 18.5 Å². The van der Waals surface area contributed by atoms with Gasteiger partial charge in [0, 0.05) is 12.3 Å². The Morgan fingerprint density at radius 2 is 2.12 bits per heavy atom. The lowest BCUT2D eigenvalue weighted by Crippen LogP contribution is -2.27. The molecule has 0 saturated carbocycles. The van der Waals surface area contributed by atoms with Gasteiger partial charge in [-0.1, -0.05) is 13.0 Å². The maximum Gasteiger partial charge on any atom is 0.149 e. The zero-order valence-corrected chi connectivity index (χ0v) is 12.1. The first kappa shape index (κ1) is 14.6. The molecule has 1 rings (SSSR count). The van der Waals surface area contributed by atoms with E-state index < -0.39 is 9.84 Å². The van der Waals surface area contributed by atoms with Gasteiger partial charge in [0.05, 0.1) is 10.2 Å². The van der Waals surface area contributed by atoms with Gasteiger partial charge in [0.25, 0.3) is 0 Å². The molecule has 0 saturated heterocycles. The predicted molar refractivity (Wildman–Crippen MR) is 70.2 cm³/mol. The summed E-state index contributed by atoms with van der Waals surface area (Å²) < 4.78 is 36.1. The lowest BCUT2D eigenvalue weighted by atomic mass is 10.1. The molecule has 1 unspecified atom stereocenters. The molecule has 0 bridgehead atoms. The fourth-order valence-corrected chi connectivity index (χ4v) is 2.86. The van der Waals surface area contributed by atoms with E-state index in [1.54, 1.807) is 12.1 Å². The van der Waals surface area contributed by atoms with Crippen molar-refractivity contribution in [2.75, 3.05) is 18.6 Å². The van der Waals surface area contributed by atoms with Crippen LogP contribution in [0.2, 0.25) is 0 Å². The summed E-state index contributed by atoms with van der Waals surface area (Å²) in [4.78, 5) is 0. The van der Waals surface area contributed by atoms with Gasteiger partial charge >= 0.3 is 0 Å². The van der Waals surface area contributed by atoms with Crippen LogP contribution in [0.3, 0.4) is 0 Å². The van der Waals surface area contributed by atoms with Crippen LogP contribution >= 0.6 is 15.9 Å². The molecule has 96 valence electrons. The van der Waals surface area contributed by atoms with Crippen molar-refractivity contribution in [3.05, 3.63) is 34.1 Å². The van der Waals surface area contributed by atoms with Crippen molar-refractivity contribution in [2.24, 2.45) is 0 Å². The maximum absolute atomic E-state index is 13.1. The summed E-state index contributed by atoms with van der Waals surface area (Å²) >= 11 is 3.09. The minimum Gasteiger partial charge on any atom is -0.309 e. The summed E-state index contributed by atoms with van der Waals surface area (Å²) in [5.74, 6) is -0.359. The van der Waals surface area contributed by atoms with Crippen molar-refractivity contribution < 1.29 is 12.8 Å². The van der Waals surface area contributed by atoms with Gasteiger partial charge in [-0.3, -0.25) is 0 Å². The first-order valence-electron chi connectivity index (χ1n) is 5.19. The summed E-state index contributed by atoms with van der Waals surface area (Å²) in [7, 11) is -3.09. The van der Waals surface area contributed by atoms with Crippen molar-refractivity contribution in [2.45, 2.75) is 13.0 Å². The zero-order chi connectivity index (χ0) is 13.1. The van der Waals surface area contributed by atoms with Crippen LogP contribution in [0.5, 0.6) is 0 Å². The van der Waals surface area contributed by atoms with Crippen molar-refractivity contribution in [1.82, 2.24) is 5.32 Å². The predicted octanol–water partition coefficient (Wildman–Crippen LogP) is 2.28. The molecule has 0 aromatic heterocycles. The Hall–Kier alpha value is -0.460. The van der Waals surface area contributed by atoms with Gasteiger partial charge in [-0.15, -0.1) is 0 Å². The number of sulfone groups is 1. The van der Waals surface area contributed by atoms with Crippen LogP contribution in [0.4, 0.5) is 4.39 Å². The molecule has 0 aliphatic carbocycles. The number of hydrogen-bond acceptors (Lipinski definition) is 3. The van der Waals surface area contributed by atoms with E-state index >= 15 is 0 Å². The van der Waals surface area contributed by atoms with Gasteiger partial charge in [-0.2, -0.15) is 0 Å². The fraction of sp³-hybridized carbons (Fsp3) is 0.455. The van der Waals surface area contributed by atoms with Crippen LogP contribution in [0, 0.1) is 5.82 Å². The second-order valence-electron chi connectivity index (χ2n) is 3.88. The minimum absolute atomic E-state index is 0.00108. The lowest BCUT2D eigenvalue weighted by molar-refractivity contribution is 0.561. The minimum atomic E-state index is -3.09. The largest absolute Gasteiger partial charge is 0.309 e. The van der Waals surface area contributed by atoms with Crippen molar-refractivity contribution in [3.63, 3.8) is 0 Å². The summed E-state index contributed by atoms with van der Waals surface area (Å²) in [6.07, 6.45) is 1.19. The highest BCUT2D eigenvalue weighted by Crippen LogP contribution is 2.22. The summed E-state index contributed by atoms with van der Waals surface area (Å²) in [5.41, 5.74) is 0.755. The van der Waals surface area contributed by atoms with E-state index in [1.807, 2.05) is 6.92 Å². The number of halogens is 2. The number of rotatable bonds is 5. The van der Waals surface area contributed by atoms with Gasteiger partial charge < -0.3 is 5.32 Å². The van der Waals surface area contributed by atoms with Gasteiger partial charge in [-0.25, -0.2) is 12.8 Å². The topological polar surface area (TPSA) is 46.2 Å². The van der Waals surface area contributed by atoms with Crippen LogP contribution in [-0.2, 0) is 9.84 Å². The molecule has 1 N–H and O–H groups in total. The Kier molecular flexibility index (Phi) is 5.09. The highest BCUT2D eigenvalue weighted by atomic mass is 79.9. The molecule has 3 nitrogen and oxygen atoms in total. The maximum atomic E-state index is 13.1. The van der Waals surface area contributed by atoms with Crippen LogP contribution in [0.25, 0.3) is 0 Å². The number of benzene rings is 1. The van der Waals surface area contributed by atoms with Crippen LogP contribution < -0.4 is 5.32 Å². The van der Waals surface area contributed by atoms with E-state index in [1.165, 1.54) is 12.3 Å². The highest BCUT2D eigenvalue weighted by molar-refractivity contribution is 9.10. The Balaban J connectivity index is 3.01. The Labute approximate surface area is 109 Å². The molecule has 1 aromatic carbocycles. The van der Waals surface area contributed by atoms with E-state index in [2.05, 4.69) is 21.2 Å². The SMILES string of the molecule is CCNC(CS(C)(=O)=O)c1ccc(F)c(Br)c1. The molecule has 0 aliphatic rings. The summed E-state index contributed by atoms with van der Waals surface area (Å²) in [6, 6.07) is 4.21. The first-order valence-corrected chi connectivity index (χ1v) is 8.05. The van der Waals surface area contributed by atoms with Crippen molar-refractivity contribution in [3.8, 4) is 0 Å². The molecule has 6 heteroatoms. The van der Waals surface area contributed by atoms with E-state index in [-0.39, 0.29) is 17.6 Å². The molecular weight excluding hydrogens is 309 g/mol. The molecule has 0 heterocycles. The molecule has 1 atom stereocenters. The quantitative estimate of drug-likeness (QED) is 0.904. The van der Waals surface area contributed by atoms with E-state index in [0.29, 0.717) is 11.0 Å². The second kappa shape index (κ2) is 5.93. The molecule has 0 spiro atoms. The van der Waals surface area contributed by atoms with Gasteiger partial charge in [0.1, 0.15) is 15.7 Å². The van der Waals surface area contributed by atoms with E-state index in [9.17, 15) is 12.8 Å². The van der Waals surface area contributed by atoms with Crippen LogP contribution in [-0.4, -0.2) is 27.0 Å². The van der Waals surface area contributed by atoms with Crippen molar-refractivity contribution in [1.29, 1.82) is 0 Å². The van der Waals surface area contributed by atoms with Crippen molar-refractivity contribution >= 4 is 25.8 Å². The molecular formula is C11H15BrFNO2S. The van der Waals surface area contributed by atoms with E-state index in [4.69, 9.17) is 0 Å². The molecule has 0 amide bonds. The first-order chi connectivity index (χ1) is 7.83. The third-order valence-corrected chi connectivity index (χ3v) is 3.81. The molecule has 0 aliphatic heterocycles.